The first-order valence-corrected chi connectivity index (χ1v) is 10.2. The molecule has 3 rings (SSSR count). The highest BCUT2D eigenvalue weighted by atomic mass is 16.1. The Balaban J connectivity index is 1.44. The summed E-state index contributed by atoms with van der Waals surface area (Å²) in [5.41, 5.74) is 1.59. The Kier molecular flexibility index (Phi) is 7.12. The maximum atomic E-state index is 12.6. The molecule has 2 atom stereocenters. The predicted octanol–water partition coefficient (Wildman–Crippen LogP) is 3.64. The molecule has 4 nitrogen and oxygen atoms in total. The van der Waals surface area contributed by atoms with Crippen LogP contribution in [0.15, 0.2) is 60.7 Å². The normalized spacial score (nSPS) is 17.8. The Hall–Kier alpha value is -2.30. The fraction of sp³-hybridized carbons (Fsp3) is 0.417. The van der Waals surface area contributed by atoms with Crippen LogP contribution in [0.2, 0.25) is 0 Å². The van der Waals surface area contributed by atoms with E-state index in [9.17, 15) is 9.59 Å². The summed E-state index contributed by atoms with van der Waals surface area (Å²) >= 11 is 0. The van der Waals surface area contributed by atoms with E-state index in [1.54, 1.807) is 0 Å². The minimum Gasteiger partial charge on any atom is -0.300 e. The zero-order valence-electron chi connectivity index (χ0n) is 16.9. The molecule has 2 aromatic rings. The molecule has 1 aliphatic heterocycles. The summed E-state index contributed by atoms with van der Waals surface area (Å²) in [4.78, 5) is 29.9. The average Bonchev–Trinajstić information content (AvgIpc) is 2.75. The van der Waals surface area contributed by atoms with Crippen molar-refractivity contribution in [2.24, 2.45) is 11.8 Å². The van der Waals surface area contributed by atoms with Gasteiger partial charge in [-0.15, -0.1) is 0 Å². The van der Waals surface area contributed by atoms with E-state index in [1.807, 2.05) is 74.5 Å². The summed E-state index contributed by atoms with van der Waals surface area (Å²) in [5.74, 6) is 0.412. The Morgan fingerprint density at radius 3 is 1.32 bits per heavy atom. The SMILES string of the molecule is C[C@H](CN1CCN(C[C@@H](C)C(=O)c2ccccc2)CC1)C(=O)c1ccccc1. The van der Waals surface area contributed by atoms with Crippen molar-refractivity contribution < 1.29 is 9.59 Å². The van der Waals surface area contributed by atoms with Crippen LogP contribution in [0.4, 0.5) is 0 Å². The molecule has 2 aromatic carbocycles. The number of carbonyl (C=O) groups excluding carboxylic acids is 2. The lowest BCUT2D eigenvalue weighted by Crippen LogP contribution is -2.49. The molecule has 1 heterocycles. The molecule has 0 bridgehead atoms. The number of carbonyl (C=O) groups is 2. The molecule has 0 spiro atoms. The second kappa shape index (κ2) is 9.76. The van der Waals surface area contributed by atoms with Gasteiger partial charge in [0.1, 0.15) is 0 Å². The average molecular weight is 379 g/mol. The molecule has 1 fully saturated rings. The van der Waals surface area contributed by atoms with Crippen LogP contribution in [-0.2, 0) is 0 Å². The molecule has 0 amide bonds. The predicted molar refractivity (Wildman–Crippen MR) is 113 cm³/mol. The van der Waals surface area contributed by atoms with E-state index in [2.05, 4.69) is 9.80 Å². The van der Waals surface area contributed by atoms with Crippen molar-refractivity contribution in [3.63, 3.8) is 0 Å². The van der Waals surface area contributed by atoms with Crippen LogP contribution in [0.1, 0.15) is 34.6 Å². The van der Waals surface area contributed by atoms with Crippen molar-refractivity contribution in [3.8, 4) is 0 Å². The van der Waals surface area contributed by atoms with E-state index >= 15 is 0 Å². The maximum Gasteiger partial charge on any atom is 0.166 e. The van der Waals surface area contributed by atoms with E-state index in [0.29, 0.717) is 0 Å². The Morgan fingerprint density at radius 1 is 0.679 bits per heavy atom. The van der Waals surface area contributed by atoms with Gasteiger partial charge in [0.15, 0.2) is 11.6 Å². The minimum absolute atomic E-state index is 0.00691. The highest BCUT2D eigenvalue weighted by Gasteiger charge is 2.24. The Bertz CT molecular complexity index is 700. The van der Waals surface area contributed by atoms with Crippen LogP contribution in [0.5, 0.6) is 0 Å². The van der Waals surface area contributed by atoms with Crippen molar-refractivity contribution in [3.05, 3.63) is 71.8 Å². The first-order valence-electron chi connectivity index (χ1n) is 10.2. The van der Waals surface area contributed by atoms with Gasteiger partial charge in [-0.1, -0.05) is 74.5 Å². The highest BCUT2D eigenvalue weighted by molar-refractivity contribution is 5.98. The highest BCUT2D eigenvalue weighted by Crippen LogP contribution is 2.14. The number of hydrogen-bond donors (Lipinski definition) is 0. The molecule has 0 saturated carbocycles. The van der Waals surface area contributed by atoms with Crippen molar-refractivity contribution in [2.75, 3.05) is 39.3 Å². The maximum absolute atomic E-state index is 12.6. The molecule has 1 aliphatic rings. The van der Waals surface area contributed by atoms with Crippen molar-refractivity contribution in [2.45, 2.75) is 13.8 Å². The summed E-state index contributed by atoms with van der Waals surface area (Å²) in [6.45, 7) is 9.39. The first-order chi connectivity index (χ1) is 13.5. The third-order valence-electron chi connectivity index (χ3n) is 5.54. The van der Waals surface area contributed by atoms with Crippen LogP contribution < -0.4 is 0 Å². The lowest BCUT2D eigenvalue weighted by Gasteiger charge is -2.36. The molecule has 1 saturated heterocycles. The fourth-order valence-electron chi connectivity index (χ4n) is 3.87. The van der Waals surface area contributed by atoms with E-state index in [1.165, 1.54) is 0 Å². The number of hydrogen-bond acceptors (Lipinski definition) is 4. The molecular weight excluding hydrogens is 348 g/mol. The molecular formula is C24H30N2O2. The molecule has 0 aliphatic carbocycles. The van der Waals surface area contributed by atoms with Gasteiger partial charge >= 0.3 is 0 Å². The number of rotatable bonds is 8. The molecule has 0 N–H and O–H groups in total. The molecule has 28 heavy (non-hydrogen) atoms. The van der Waals surface area contributed by atoms with Crippen molar-refractivity contribution in [1.29, 1.82) is 0 Å². The van der Waals surface area contributed by atoms with E-state index in [0.717, 1.165) is 50.4 Å². The van der Waals surface area contributed by atoms with E-state index in [4.69, 9.17) is 0 Å². The second-order valence-electron chi connectivity index (χ2n) is 7.86. The van der Waals surface area contributed by atoms with E-state index in [-0.39, 0.29) is 23.4 Å². The van der Waals surface area contributed by atoms with Gasteiger partial charge in [0.25, 0.3) is 0 Å². The number of Topliss-reactive ketones (excluding diaryl/α,β-unsaturated/α-hetero) is 2. The smallest absolute Gasteiger partial charge is 0.166 e. The zero-order valence-corrected chi connectivity index (χ0v) is 16.9. The topological polar surface area (TPSA) is 40.6 Å². The summed E-state index contributed by atoms with van der Waals surface area (Å²) in [6.07, 6.45) is 0. The van der Waals surface area contributed by atoms with Crippen LogP contribution in [0.3, 0.4) is 0 Å². The number of nitrogens with zero attached hydrogens (tertiary/aromatic N) is 2. The van der Waals surface area contributed by atoms with Crippen LogP contribution in [-0.4, -0.2) is 60.6 Å². The van der Waals surface area contributed by atoms with Crippen LogP contribution in [0.25, 0.3) is 0 Å². The zero-order chi connectivity index (χ0) is 19.9. The standard InChI is InChI=1S/C24H30N2O2/c1-19(23(27)21-9-5-3-6-10-21)17-25-13-15-26(16-14-25)18-20(2)24(28)22-11-7-4-8-12-22/h3-12,19-20H,13-18H2,1-2H3/t19-,20-/m1/s1. The molecule has 0 radical (unpaired) electrons. The quantitative estimate of drug-likeness (QED) is 0.658. The van der Waals surface area contributed by atoms with Crippen LogP contribution in [0, 0.1) is 11.8 Å². The third-order valence-corrected chi connectivity index (χ3v) is 5.54. The molecule has 0 unspecified atom stereocenters. The summed E-state index contributed by atoms with van der Waals surface area (Å²) in [7, 11) is 0. The van der Waals surface area contributed by atoms with Gasteiger partial charge in [-0.3, -0.25) is 9.59 Å². The van der Waals surface area contributed by atoms with Crippen LogP contribution >= 0.6 is 0 Å². The lowest BCUT2D eigenvalue weighted by atomic mass is 9.98. The van der Waals surface area contributed by atoms with Gasteiger partial charge in [0, 0.05) is 62.2 Å². The molecule has 4 heteroatoms. The van der Waals surface area contributed by atoms with Crippen molar-refractivity contribution >= 4 is 11.6 Å². The van der Waals surface area contributed by atoms with Gasteiger partial charge in [-0.05, 0) is 0 Å². The number of benzene rings is 2. The summed E-state index contributed by atoms with van der Waals surface area (Å²) in [5, 5.41) is 0. The minimum atomic E-state index is -0.00691. The number of piperazine rings is 1. The van der Waals surface area contributed by atoms with Gasteiger partial charge < -0.3 is 9.80 Å². The lowest BCUT2D eigenvalue weighted by molar-refractivity contribution is 0.0761. The summed E-state index contributed by atoms with van der Waals surface area (Å²) in [6, 6.07) is 19.1. The Morgan fingerprint density at radius 2 is 1.00 bits per heavy atom. The monoisotopic (exact) mass is 378 g/mol. The third kappa shape index (κ3) is 5.37. The van der Waals surface area contributed by atoms with Gasteiger partial charge in [-0.25, -0.2) is 0 Å². The first kappa shape index (κ1) is 20.4. The Labute approximate surface area is 168 Å². The number of ketones is 2. The van der Waals surface area contributed by atoms with Crippen molar-refractivity contribution in [1.82, 2.24) is 9.80 Å². The second-order valence-corrected chi connectivity index (χ2v) is 7.86. The van der Waals surface area contributed by atoms with Gasteiger partial charge in [0.05, 0.1) is 0 Å². The molecule has 148 valence electrons. The fourth-order valence-corrected chi connectivity index (χ4v) is 3.87. The molecule has 0 aromatic heterocycles. The van der Waals surface area contributed by atoms with Gasteiger partial charge in [0.2, 0.25) is 0 Å². The van der Waals surface area contributed by atoms with Gasteiger partial charge in [-0.2, -0.15) is 0 Å². The summed E-state index contributed by atoms with van der Waals surface area (Å²) < 4.78 is 0. The largest absolute Gasteiger partial charge is 0.300 e. The van der Waals surface area contributed by atoms with E-state index < -0.39 is 0 Å².